The van der Waals surface area contributed by atoms with Crippen molar-refractivity contribution in [1.29, 1.82) is 0 Å². The maximum atomic E-state index is 10.7. The van der Waals surface area contributed by atoms with Crippen LogP contribution in [0.25, 0.3) is 6.08 Å². The van der Waals surface area contributed by atoms with E-state index in [0.29, 0.717) is 11.1 Å². The molecular formula is C13H15NO5. The van der Waals surface area contributed by atoms with Gasteiger partial charge in [0.25, 0.3) is 0 Å². The molecule has 1 aromatic carbocycles. The predicted molar refractivity (Wildman–Crippen MR) is 67.9 cm³/mol. The number of aliphatic carboxylic acids is 1. The van der Waals surface area contributed by atoms with Gasteiger partial charge in [0.1, 0.15) is 6.10 Å². The third-order valence-electron chi connectivity index (χ3n) is 2.49. The first-order valence-electron chi connectivity index (χ1n) is 5.56. The molecule has 0 bridgehead atoms. The Balaban J connectivity index is 2.99. The molecule has 2 atom stereocenters. The number of nitrogens with two attached hydrogens (primary N) is 1. The first-order valence-corrected chi connectivity index (χ1v) is 5.56. The number of hydrogen-bond donors (Lipinski definition) is 4. The Bertz CT molecular complexity index is 498. The van der Waals surface area contributed by atoms with Gasteiger partial charge >= 0.3 is 5.97 Å². The van der Waals surface area contributed by atoms with Gasteiger partial charge in [0.15, 0.2) is 0 Å². The molecule has 1 rings (SSSR count). The summed E-state index contributed by atoms with van der Waals surface area (Å²) in [7, 11) is 0. The van der Waals surface area contributed by atoms with Crippen LogP contribution in [-0.2, 0) is 9.59 Å². The first kappa shape index (κ1) is 14.9. The van der Waals surface area contributed by atoms with Crippen LogP contribution in [0.4, 0.5) is 0 Å². The number of hydrogen-bond acceptors (Lipinski definition) is 4. The molecule has 0 spiro atoms. The first-order chi connectivity index (χ1) is 8.91. The second-order valence-electron chi connectivity index (χ2n) is 3.98. The van der Waals surface area contributed by atoms with Crippen LogP contribution in [0.5, 0.6) is 0 Å². The van der Waals surface area contributed by atoms with Crippen LogP contribution in [0.15, 0.2) is 30.3 Å². The Morgan fingerprint density at radius 3 is 2.47 bits per heavy atom. The molecule has 6 nitrogen and oxygen atoms in total. The summed E-state index contributed by atoms with van der Waals surface area (Å²) in [5.41, 5.74) is 5.72. The van der Waals surface area contributed by atoms with Gasteiger partial charge < -0.3 is 21.1 Å². The topological polar surface area (TPSA) is 121 Å². The average Bonchev–Trinajstić information content (AvgIpc) is 2.35. The van der Waals surface area contributed by atoms with E-state index in [-0.39, 0.29) is 6.42 Å². The lowest BCUT2D eigenvalue weighted by atomic mass is 9.96. The summed E-state index contributed by atoms with van der Waals surface area (Å²) >= 11 is 0. The third-order valence-corrected chi connectivity index (χ3v) is 2.49. The van der Waals surface area contributed by atoms with Gasteiger partial charge in [-0.05, 0) is 17.2 Å². The van der Waals surface area contributed by atoms with E-state index in [1.807, 2.05) is 0 Å². The van der Waals surface area contributed by atoms with Gasteiger partial charge in [-0.3, -0.25) is 4.79 Å². The maximum Gasteiger partial charge on any atom is 0.328 e. The summed E-state index contributed by atoms with van der Waals surface area (Å²) in [6.07, 6.45) is -0.804. The molecule has 0 aliphatic heterocycles. The van der Waals surface area contributed by atoms with Crippen LogP contribution in [0, 0.1) is 0 Å². The number of carboxylic acids is 1. The SMILES string of the molecule is NC(=O)CC(O)C(O)c1ccccc1/C=C/C(=O)O. The molecule has 19 heavy (non-hydrogen) atoms. The van der Waals surface area contributed by atoms with E-state index < -0.39 is 24.1 Å². The van der Waals surface area contributed by atoms with Crippen molar-refractivity contribution in [3.63, 3.8) is 0 Å². The summed E-state index contributed by atoms with van der Waals surface area (Å²) in [4.78, 5) is 21.2. The number of primary amides is 1. The van der Waals surface area contributed by atoms with Crippen LogP contribution < -0.4 is 5.73 Å². The summed E-state index contributed by atoms with van der Waals surface area (Å²) < 4.78 is 0. The van der Waals surface area contributed by atoms with Crippen LogP contribution in [0.2, 0.25) is 0 Å². The highest BCUT2D eigenvalue weighted by Gasteiger charge is 2.21. The molecule has 0 saturated heterocycles. The zero-order chi connectivity index (χ0) is 14.4. The van der Waals surface area contributed by atoms with E-state index >= 15 is 0 Å². The molecule has 1 aromatic rings. The minimum absolute atomic E-state index is 0.328. The second kappa shape index (κ2) is 6.67. The number of amides is 1. The second-order valence-corrected chi connectivity index (χ2v) is 3.98. The van der Waals surface area contributed by atoms with E-state index in [9.17, 15) is 19.8 Å². The molecule has 0 aliphatic rings. The van der Waals surface area contributed by atoms with E-state index in [2.05, 4.69) is 0 Å². The molecule has 5 N–H and O–H groups in total. The molecule has 0 heterocycles. The number of carbonyl (C=O) groups excluding carboxylic acids is 1. The smallest absolute Gasteiger partial charge is 0.328 e. The monoisotopic (exact) mass is 265 g/mol. The number of aliphatic hydroxyl groups excluding tert-OH is 2. The molecule has 0 saturated carbocycles. The van der Waals surface area contributed by atoms with E-state index in [1.165, 1.54) is 12.1 Å². The van der Waals surface area contributed by atoms with Gasteiger partial charge in [0.2, 0.25) is 5.91 Å². The van der Waals surface area contributed by atoms with Crippen molar-refractivity contribution in [3.05, 3.63) is 41.5 Å². The summed E-state index contributed by atoms with van der Waals surface area (Å²) in [6, 6.07) is 6.43. The highest BCUT2D eigenvalue weighted by Crippen LogP contribution is 2.23. The van der Waals surface area contributed by atoms with Crippen molar-refractivity contribution in [2.75, 3.05) is 0 Å². The van der Waals surface area contributed by atoms with E-state index in [4.69, 9.17) is 10.8 Å². The van der Waals surface area contributed by atoms with Gasteiger partial charge in [-0.1, -0.05) is 24.3 Å². The standard InChI is InChI=1S/C13H15NO5/c14-11(16)7-10(15)13(19)9-4-2-1-3-8(9)5-6-12(17)18/h1-6,10,13,15,19H,7H2,(H2,14,16)(H,17,18)/b6-5+. The quantitative estimate of drug-likeness (QED) is 0.542. The lowest BCUT2D eigenvalue weighted by Gasteiger charge is -2.18. The lowest BCUT2D eigenvalue weighted by Crippen LogP contribution is -2.26. The highest BCUT2D eigenvalue weighted by molar-refractivity contribution is 5.85. The van der Waals surface area contributed by atoms with Crippen molar-refractivity contribution in [2.45, 2.75) is 18.6 Å². The zero-order valence-corrected chi connectivity index (χ0v) is 10.1. The predicted octanol–water partition coefficient (Wildman–Crippen LogP) is 0.0541. The molecule has 1 amide bonds. The molecule has 0 aromatic heterocycles. The van der Waals surface area contributed by atoms with Crippen molar-refractivity contribution in [2.24, 2.45) is 5.73 Å². The molecule has 0 fully saturated rings. The van der Waals surface area contributed by atoms with Crippen LogP contribution >= 0.6 is 0 Å². The highest BCUT2D eigenvalue weighted by atomic mass is 16.4. The van der Waals surface area contributed by atoms with Gasteiger partial charge in [-0.2, -0.15) is 0 Å². The number of carbonyl (C=O) groups is 2. The molecular weight excluding hydrogens is 250 g/mol. The van der Waals surface area contributed by atoms with Crippen molar-refractivity contribution in [3.8, 4) is 0 Å². The minimum Gasteiger partial charge on any atom is -0.478 e. The number of aliphatic hydroxyl groups is 2. The van der Waals surface area contributed by atoms with Crippen molar-refractivity contribution < 1.29 is 24.9 Å². The lowest BCUT2D eigenvalue weighted by molar-refractivity contribution is -0.131. The Morgan fingerprint density at radius 1 is 1.26 bits per heavy atom. The fourth-order valence-electron chi connectivity index (χ4n) is 1.62. The Hall–Kier alpha value is -2.18. The number of carboxylic acid groups (broad SMARTS) is 1. The summed E-state index contributed by atoms with van der Waals surface area (Å²) in [6.45, 7) is 0. The van der Waals surface area contributed by atoms with Crippen molar-refractivity contribution >= 4 is 18.0 Å². The zero-order valence-electron chi connectivity index (χ0n) is 10.1. The molecule has 0 radical (unpaired) electrons. The molecule has 102 valence electrons. The molecule has 0 aliphatic carbocycles. The van der Waals surface area contributed by atoms with Crippen LogP contribution in [-0.4, -0.2) is 33.3 Å². The van der Waals surface area contributed by atoms with Gasteiger partial charge in [-0.25, -0.2) is 4.79 Å². The normalized spacial score (nSPS) is 14.2. The fraction of sp³-hybridized carbons (Fsp3) is 0.231. The summed E-state index contributed by atoms with van der Waals surface area (Å²) in [5, 5.41) is 28.2. The number of rotatable bonds is 6. The third kappa shape index (κ3) is 4.53. The minimum atomic E-state index is -1.34. The van der Waals surface area contributed by atoms with E-state index in [1.54, 1.807) is 18.2 Å². The van der Waals surface area contributed by atoms with Crippen LogP contribution in [0.3, 0.4) is 0 Å². The maximum absolute atomic E-state index is 10.7. The number of benzene rings is 1. The molecule has 6 heteroatoms. The van der Waals surface area contributed by atoms with Gasteiger partial charge in [0, 0.05) is 6.08 Å². The largest absolute Gasteiger partial charge is 0.478 e. The fourth-order valence-corrected chi connectivity index (χ4v) is 1.62. The molecule has 2 unspecified atom stereocenters. The van der Waals surface area contributed by atoms with Gasteiger partial charge in [-0.15, -0.1) is 0 Å². The van der Waals surface area contributed by atoms with Crippen LogP contribution in [0.1, 0.15) is 23.7 Å². The Labute approximate surface area is 109 Å². The van der Waals surface area contributed by atoms with Crippen molar-refractivity contribution in [1.82, 2.24) is 0 Å². The van der Waals surface area contributed by atoms with Gasteiger partial charge in [0.05, 0.1) is 12.5 Å². The average molecular weight is 265 g/mol. The Kier molecular flexibility index (Phi) is 5.23. The summed E-state index contributed by atoms with van der Waals surface area (Å²) in [5.74, 6) is -1.85. The Morgan fingerprint density at radius 2 is 1.89 bits per heavy atom. The van der Waals surface area contributed by atoms with E-state index in [0.717, 1.165) is 6.08 Å².